The van der Waals surface area contributed by atoms with Crippen LogP contribution in [0.25, 0.3) is 44.3 Å². The molecule has 5 heterocycles. The van der Waals surface area contributed by atoms with E-state index in [0.717, 1.165) is 74.9 Å². The van der Waals surface area contributed by atoms with Crippen molar-refractivity contribution in [3.05, 3.63) is 60.4 Å². The van der Waals surface area contributed by atoms with E-state index in [1.54, 1.807) is 36.0 Å². The lowest BCUT2D eigenvalue weighted by Gasteiger charge is -2.29. The van der Waals surface area contributed by atoms with Crippen molar-refractivity contribution in [1.29, 1.82) is 0 Å². The van der Waals surface area contributed by atoms with Gasteiger partial charge >= 0.3 is 12.2 Å². The maximum Gasteiger partial charge on any atom is 0.407 e. The molecule has 0 aliphatic carbocycles. The van der Waals surface area contributed by atoms with E-state index in [0.29, 0.717) is 24.7 Å². The summed E-state index contributed by atoms with van der Waals surface area (Å²) in [6.07, 6.45) is 4.93. The first-order valence-electron chi connectivity index (χ1n) is 17.1. The van der Waals surface area contributed by atoms with Gasteiger partial charge in [-0.2, -0.15) is 0 Å². The molecule has 0 radical (unpaired) electrons. The molecule has 4 amide bonds. The van der Waals surface area contributed by atoms with Gasteiger partial charge in [-0.1, -0.05) is 24.3 Å². The first kappa shape index (κ1) is 33.6. The van der Waals surface area contributed by atoms with Gasteiger partial charge in [0.15, 0.2) is 0 Å². The predicted octanol–water partition coefficient (Wildman–Crippen LogP) is 5.17. The number of fused-ring (bicyclic) bond motifs is 3. The number of likely N-dealkylation sites (tertiary alicyclic amines) is 2. The number of nitrogens with one attached hydrogen (secondary N) is 4. The smallest absolute Gasteiger partial charge is 0.407 e. The van der Waals surface area contributed by atoms with Gasteiger partial charge in [-0.3, -0.25) is 14.5 Å². The molecule has 0 bridgehead atoms. The minimum atomic E-state index is -1.14. The summed E-state index contributed by atoms with van der Waals surface area (Å²) in [6.45, 7) is 4.39. The molecule has 15 heteroatoms. The molecule has 4 atom stereocenters. The SMILES string of the molecule is COC(=O)N[C@@H](C)C(=O)N1CCC[C@H]1c1ncc(-c2ccc3c(c2)[nH]c2cc(-c4cnc([C@@H]5CCCN5C(=O)[C@H](C)N(C)C(=O)O)[nH]4)ccc23)[nH]1. The molecule has 5 aromatic rings. The number of imidazole rings is 2. The molecule has 51 heavy (non-hydrogen) atoms. The first-order chi connectivity index (χ1) is 24.5. The van der Waals surface area contributed by atoms with Gasteiger partial charge in [0.2, 0.25) is 11.8 Å². The zero-order valence-electron chi connectivity index (χ0n) is 28.9. The molecule has 3 aromatic heterocycles. The normalized spacial score (nSPS) is 18.7. The number of alkyl carbamates (subject to hydrolysis) is 1. The third-order valence-corrected chi connectivity index (χ3v) is 10.2. The second-order valence-corrected chi connectivity index (χ2v) is 13.3. The van der Waals surface area contributed by atoms with Crippen LogP contribution in [-0.4, -0.2) is 108 Å². The lowest BCUT2D eigenvalue weighted by molar-refractivity contribution is -0.136. The molecule has 2 fully saturated rings. The Labute approximate surface area is 293 Å². The minimum absolute atomic E-state index is 0.183. The van der Waals surface area contributed by atoms with Crippen molar-refractivity contribution in [3.63, 3.8) is 0 Å². The van der Waals surface area contributed by atoms with Crippen LogP contribution in [0, 0.1) is 0 Å². The Morgan fingerprint density at radius 2 is 1.35 bits per heavy atom. The van der Waals surface area contributed by atoms with E-state index in [4.69, 9.17) is 0 Å². The van der Waals surface area contributed by atoms with E-state index in [-0.39, 0.29) is 23.9 Å². The number of methoxy groups -OCH3 is 1. The Morgan fingerprint density at radius 1 is 0.843 bits per heavy atom. The number of hydrogen-bond acceptors (Lipinski definition) is 7. The van der Waals surface area contributed by atoms with Crippen LogP contribution in [0.4, 0.5) is 9.59 Å². The summed E-state index contributed by atoms with van der Waals surface area (Å²) in [7, 11) is 2.67. The van der Waals surface area contributed by atoms with Crippen molar-refractivity contribution in [2.24, 2.45) is 0 Å². The number of hydrogen-bond donors (Lipinski definition) is 5. The molecule has 5 N–H and O–H groups in total. The fourth-order valence-electron chi connectivity index (χ4n) is 7.30. The lowest BCUT2D eigenvalue weighted by Crippen LogP contribution is -2.47. The Hall–Kier alpha value is -5.86. The van der Waals surface area contributed by atoms with Gasteiger partial charge in [0.05, 0.1) is 43.0 Å². The van der Waals surface area contributed by atoms with Crippen molar-refractivity contribution in [1.82, 2.24) is 44.9 Å². The van der Waals surface area contributed by atoms with Crippen LogP contribution in [0.15, 0.2) is 48.8 Å². The summed E-state index contributed by atoms with van der Waals surface area (Å²) in [5.41, 5.74) is 5.46. The maximum atomic E-state index is 13.2. The van der Waals surface area contributed by atoms with Gasteiger partial charge in [-0.15, -0.1) is 0 Å². The average molecular weight is 696 g/mol. The molecule has 2 aliphatic rings. The number of amides is 4. The van der Waals surface area contributed by atoms with Gasteiger partial charge in [0.1, 0.15) is 23.7 Å². The Kier molecular flexibility index (Phi) is 8.87. The van der Waals surface area contributed by atoms with Crippen molar-refractivity contribution in [3.8, 4) is 22.5 Å². The van der Waals surface area contributed by atoms with E-state index < -0.39 is 24.3 Å². The fraction of sp³-hybridized carbons (Fsp3) is 0.389. The molecule has 2 aliphatic heterocycles. The Balaban J connectivity index is 1.09. The number of carbonyl (C=O) groups excluding carboxylic acids is 3. The predicted molar refractivity (Wildman–Crippen MR) is 189 cm³/mol. The third kappa shape index (κ3) is 6.23. The van der Waals surface area contributed by atoms with Crippen LogP contribution in [0.2, 0.25) is 0 Å². The molecule has 15 nitrogen and oxygen atoms in total. The van der Waals surface area contributed by atoms with E-state index in [1.165, 1.54) is 14.2 Å². The molecule has 0 saturated carbocycles. The standard InChI is InChI=1S/C36H41N9O6/c1-19(39-35(48)51-4)33(46)44-13-5-7-29(44)31-37-17-27(41-31)21-9-11-23-24-12-10-22(16-26(24)40-25(23)15-21)28-18-38-32(42-28)30-8-6-14-45(30)34(47)20(2)43(3)36(49)50/h9-12,15-20,29-30,40H,5-8,13-14H2,1-4H3,(H,37,41)(H,38,42)(H,39,48)(H,49,50)/t19-,20-,29-,30-/m0/s1. The van der Waals surface area contributed by atoms with Gasteiger partial charge < -0.3 is 39.9 Å². The van der Waals surface area contributed by atoms with Gasteiger partial charge in [0, 0.05) is 53.1 Å². The Morgan fingerprint density at radius 3 is 1.84 bits per heavy atom. The number of carbonyl (C=O) groups is 4. The van der Waals surface area contributed by atoms with E-state index in [1.807, 2.05) is 12.1 Å². The molecule has 7 rings (SSSR count). The summed E-state index contributed by atoms with van der Waals surface area (Å²) >= 11 is 0. The van der Waals surface area contributed by atoms with Crippen molar-refractivity contribution in [2.45, 2.75) is 63.7 Å². The number of nitrogens with zero attached hydrogens (tertiary/aromatic N) is 5. The largest absolute Gasteiger partial charge is 0.465 e. The summed E-state index contributed by atoms with van der Waals surface area (Å²) in [4.78, 5) is 73.6. The summed E-state index contributed by atoms with van der Waals surface area (Å²) in [5, 5.41) is 14.1. The highest BCUT2D eigenvalue weighted by molar-refractivity contribution is 6.09. The van der Waals surface area contributed by atoms with Crippen LogP contribution in [0.3, 0.4) is 0 Å². The van der Waals surface area contributed by atoms with Crippen molar-refractivity contribution in [2.75, 3.05) is 27.2 Å². The number of benzene rings is 2. The monoisotopic (exact) mass is 695 g/mol. The summed E-state index contributed by atoms with van der Waals surface area (Å²) in [5.74, 6) is 0.964. The zero-order chi connectivity index (χ0) is 36.0. The number of aromatic nitrogens is 5. The number of rotatable bonds is 8. The van der Waals surface area contributed by atoms with Gasteiger partial charge in [-0.25, -0.2) is 19.6 Å². The number of carboxylic acid groups (broad SMARTS) is 1. The molecular weight excluding hydrogens is 654 g/mol. The zero-order valence-corrected chi connectivity index (χ0v) is 28.9. The maximum absolute atomic E-state index is 13.2. The van der Waals surface area contributed by atoms with E-state index in [9.17, 15) is 24.3 Å². The second-order valence-electron chi connectivity index (χ2n) is 13.3. The number of ether oxygens (including phenoxy) is 1. The highest BCUT2D eigenvalue weighted by Gasteiger charge is 2.37. The quantitative estimate of drug-likeness (QED) is 0.147. The fourth-order valence-corrected chi connectivity index (χ4v) is 7.30. The lowest BCUT2D eigenvalue weighted by atomic mass is 10.1. The molecule has 2 saturated heterocycles. The van der Waals surface area contributed by atoms with Gasteiger partial charge in [-0.05, 0) is 51.7 Å². The second kappa shape index (κ2) is 13.5. The third-order valence-electron chi connectivity index (χ3n) is 10.2. The minimum Gasteiger partial charge on any atom is -0.465 e. The molecule has 266 valence electrons. The van der Waals surface area contributed by atoms with Crippen molar-refractivity contribution >= 4 is 45.8 Å². The van der Waals surface area contributed by atoms with Crippen LogP contribution >= 0.6 is 0 Å². The highest BCUT2D eigenvalue weighted by atomic mass is 16.5. The van der Waals surface area contributed by atoms with Crippen LogP contribution < -0.4 is 5.32 Å². The summed E-state index contributed by atoms with van der Waals surface area (Å²) < 4.78 is 4.65. The Bertz CT molecular complexity index is 2140. The van der Waals surface area contributed by atoms with Crippen LogP contribution in [0.1, 0.15) is 63.3 Å². The van der Waals surface area contributed by atoms with E-state index in [2.05, 4.69) is 59.2 Å². The van der Waals surface area contributed by atoms with Crippen LogP contribution in [-0.2, 0) is 14.3 Å². The molecular formula is C36H41N9O6. The van der Waals surface area contributed by atoms with Crippen molar-refractivity contribution < 1.29 is 29.0 Å². The number of aromatic amines is 3. The molecule has 0 unspecified atom stereocenters. The molecule has 2 aromatic carbocycles. The summed E-state index contributed by atoms with van der Waals surface area (Å²) in [6, 6.07) is 10.4. The first-order valence-corrected chi connectivity index (χ1v) is 17.1. The van der Waals surface area contributed by atoms with Gasteiger partial charge in [0.25, 0.3) is 0 Å². The number of likely N-dealkylation sites (N-methyl/N-ethyl adjacent to an activating group) is 1. The average Bonchev–Trinajstić information content (AvgIpc) is 3.98. The number of H-pyrrole nitrogens is 3. The highest BCUT2D eigenvalue weighted by Crippen LogP contribution is 2.36. The van der Waals surface area contributed by atoms with E-state index >= 15 is 0 Å². The topological polar surface area (TPSA) is 193 Å². The van der Waals surface area contributed by atoms with Crippen LogP contribution in [0.5, 0.6) is 0 Å². The molecule has 0 spiro atoms.